The molecule has 4 nitrogen and oxygen atoms in total. The number of anilines is 1. The van der Waals surface area contributed by atoms with Gasteiger partial charge in [-0.25, -0.2) is 9.78 Å². The lowest BCUT2D eigenvalue weighted by atomic mass is 10.0. The molecule has 1 aromatic carbocycles. The van der Waals surface area contributed by atoms with E-state index in [-0.39, 0.29) is 0 Å². The topological polar surface area (TPSA) is 53.4 Å². The van der Waals surface area contributed by atoms with Crippen LogP contribution >= 0.6 is 0 Å². The molecule has 0 radical (unpaired) electrons. The highest BCUT2D eigenvalue weighted by Gasteiger charge is 2.38. The van der Waals surface area contributed by atoms with Crippen LogP contribution in [0.15, 0.2) is 24.3 Å². The van der Waals surface area contributed by atoms with Gasteiger partial charge < -0.3 is 10.0 Å². The summed E-state index contributed by atoms with van der Waals surface area (Å²) in [7, 11) is 0. The molecule has 0 spiro atoms. The quantitative estimate of drug-likeness (QED) is 0.833. The van der Waals surface area contributed by atoms with Crippen LogP contribution in [0.4, 0.5) is 19.0 Å². The molecule has 26 heavy (non-hydrogen) atoms. The molecular formula is C19H23F3N2O2. The van der Waals surface area contributed by atoms with Gasteiger partial charge >= 0.3 is 12.1 Å². The van der Waals surface area contributed by atoms with Crippen LogP contribution in [0.5, 0.6) is 0 Å². The summed E-state index contributed by atoms with van der Waals surface area (Å²) in [5, 5.41) is 8.43. The van der Waals surface area contributed by atoms with Gasteiger partial charge in [0.2, 0.25) is 0 Å². The van der Waals surface area contributed by atoms with Crippen LogP contribution in [-0.4, -0.2) is 35.3 Å². The molecule has 1 aliphatic rings. The van der Waals surface area contributed by atoms with Gasteiger partial charge in [0.1, 0.15) is 5.82 Å². The molecule has 1 saturated heterocycles. The van der Waals surface area contributed by atoms with Crippen molar-refractivity contribution in [2.45, 2.75) is 45.7 Å². The number of aryl methyl sites for hydroxylation is 2. The molecule has 0 amide bonds. The molecule has 1 aliphatic heterocycles. The van der Waals surface area contributed by atoms with Crippen LogP contribution in [0, 0.1) is 6.92 Å². The molecule has 1 aromatic heterocycles. The number of aliphatic carboxylic acids is 1. The van der Waals surface area contributed by atoms with Gasteiger partial charge in [-0.15, -0.1) is 0 Å². The van der Waals surface area contributed by atoms with Crippen LogP contribution in [-0.2, 0) is 11.2 Å². The summed E-state index contributed by atoms with van der Waals surface area (Å²) in [6.07, 6.45) is -0.0345. The summed E-state index contributed by atoms with van der Waals surface area (Å²) in [4.78, 5) is 16.2. The Morgan fingerprint density at radius 2 is 1.81 bits per heavy atom. The summed E-state index contributed by atoms with van der Waals surface area (Å²) < 4.78 is 31.7. The molecule has 142 valence electrons. The lowest BCUT2D eigenvalue weighted by Crippen LogP contribution is -2.30. The minimum Gasteiger partial charge on any atom is -0.475 e. The smallest absolute Gasteiger partial charge is 0.475 e. The maximum atomic E-state index is 10.6. The van der Waals surface area contributed by atoms with Gasteiger partial charge in [0, 0.05) is 18.5 Å². The van der Waals surface area contributed by atoms with E-state index in [1.54, 1.807) is 0 Å². The Balaban J connectivity index is 0.000000298. The zero-order chi connectivity index (χ0) is 19.3. The number of carbonyl (C=O) groups is 1. The van der Waals surface area contributed by atoms with Crippen molar-refractivity contribution in [1.29, 1.82) is 0 Å². The maximum Gasteiger partial charge on any atom is 0.490 e. The summed E-state index contributed by atoms with van der Waals surface area (Å²) in [5.41, 5.74) is 3.88. The fourth-order valence-corrected chi connectivity index (χ4v) is 2.93. The zero-order valence-electron chi connectivity index (χ0n) is 14.9. The fourth-order valence-electron chi connectivity index (χ4n) is 2.93. The van der Waals surface area contributed by atoms with Crippen molar-refractivity contribution in [3.05, 3.63) is 35.4 Å². The van der Waals surface area contributed by atoms with E-state index in [2.05, 4.69) is 43.0 Å². The first-order valence-corrected chi connectivity index (χ1v) is 8.67. The highest BCUT2D eigenvalue weighted by Crippen LogP contribution is 2.25. The summed E-state index contributed by atoms with van der Waals surface area (Å²) in [6, 6.07) is 8.92. The molecule has 0 bridgehead atoms. The third kappa shape index (κ3) is 5.09. The van der Waals surface area contributed by atoms with E-state index in [0.29, 0.717) is 0 Å². The molecule has 0 unspecified atom stereocenters. The van der Waals surface area contributed by atoms with E-state index < -0.39 is 12.1 Å². The molecule has 1 N–H and O–H groups in total. The molecule has 0 saturated carbocycles. The monoisotopic (exact) mass is 368 g/mol. The van der Waals surface area contributed by atoms with E-state index in [0.717, 1.165) is 30.8 Å². The second-order valence-electron chi connectivity index (χ2n) is 6.35. The van der Waals surface area contributed by atoms with Gasteiger partial charge in [0.25, 0.3) is 0 Å². The highest BCUT2D eigenvalue weighted by molar-refractivity contribution is 5.84. The van der Waals surface area contributed by atoms with Crippen LogP contribution in [0.3, 0.4) is 0 Å². The number of hydrogen-bond donors (Lipinski definition) is 1. The van der Waals surface area contributed by atoms with Crippen LogP contribution < -0.4 is 4.90 Å². The predicted molar refractivity (Wildman–Crippen MR) is 95.6 cm³/mol. The van der Waals surface area contributed by atoms with Gasteiger partial charge in [-0.3, -0.25) is 0 Å². The molecule has 3 rings (SSSR count). The number of hydrogen-bond acceptors (Lipinski definition) is 3. The van der Waals surface area contributed by atoms with Crippen LogP contribution in [0.1, 0.15) is 37.3 Å². The predicted octanol–water partition coefficient (Wildman–Crippen LogP) is 4.73. The lowest BCUT2D eigenvalue weighted by Gasteiger charge is -2.28. The van der Waals surface area contributed by atoms with Crippen molar-refractivity contribution in [1.82, 2.24) is 4.98 Å². The third-order valence-electron chi connectivity index (χ3n) is 4.40. The van der Waals surface area contributed by atoms with E-state index in [1.807, 2.05) is 0 Å². The number of rotatable bonds is 2. The number of aromatic nitrogens is 1. The highest BCUT2D eigenvalue weighted by atomic mass is 19.4. The molecule has 2 heterocycles. The van der Waals surface area contributed by atoms with Crippen molar-refractivity contribution in [3.63, 3.8) is 0 Å². The lowest BCUT2D eigenvalue weighted by molar-refractivity contribution is -0.192. The summed E-state index contributed by atoms with van der Waals surface area (Å²) in [6.45, 7) is 6.72. The first-order chi connectivity index (χ1) is 12.2. The largest absolute Gasteiger partial charge is 0.490 e. The number of nitrogens with zero attached hydrogens (tertiary/aromatic N) is 2. The third-order valence-corrected chi connectivity index (χ3v) is 4.40. The molecular weight excluding hydrogens is 345 g/mol. The van der Waals surface area contributed by atoms with E-state index in [1.165, 1.54) is 35.8 Å². The Morgan fingerprint density at radius 3 is 2.35 bits per heavy atom. The van der Waals surface area contributed by atoms with Crippen molar-refractivity contribution in [3.8, 4) is 0 Å². The first kappa shape index (κ1) is 20.0. The molecule has 0 aliphatic carbocycles. The van der Waals surface area contributed by atoms with Gasteiger partial charge in [-0.1, -0.05) is 13.0 Å². The van der Waals surface area contributed by atoms with Gasteiger partial charge in [-0.2, -0.15) is 13.2 Å². The number of fused-ring (bicyclic) bond motifs is 1. The minimum absolute atomic E-state index is 1.09. The Labute approximate surface area is 150 Å². The first-order valence-electron chi connectivity index (χ1n) is 8.67. The fraction of sp³-hybridized carbons (Fsp3) is 0.474. The van der Waals surface area contributed by atoms with Crippen molar-refractivity contribution in [2.24, 2.45) is 0 Å². The number of piperidine rings is 1. The molecule has 2 aromatic rings. The van der Waals surface area contributed by atoms with Crippen LogP contribution in [0.25, 0.3) is 10.9 Å². The van der Waals surface area contributed by atoms with Gasteiger partial charge in [0.15, 0.2) is 0 Å². The second-order valence-corrected chi connectivity index (χ2v) is 6.35. The second kappa shape index (κ2) is 8.38. The van der Waals surface area contributed by atoms with Gasteiger partial charge in [0.05, 0.1) is 5.52 Å². The number of halogens is 3. The van der Waals surface area contributed by atoms with Crippen molar-refractivity contribution >= 4 is 22.7 Å². The molecule has 1 fully saturated rings. The SMILES string of the molecule is CCc1ccc2nc(N3CCCCC3)cc(C)c2c1.O=C(O)C(F)(F)F. The van der Waals surface area contributed by atoms with Crippen molar-refractivity contribution in [2.75, 3.05) is 18.0 Å². The Kier molecular flexibility index (Phi) is 6.45. The standard InChI is InChI=1S/C17H22N2.C2HF3O2/c1-3-14-7-8-16-15(12-14)13(2)11-17(18-16)19-9-5-4-6-10-19;3-2(4,5)1(6)7/h7-8,11-12H,3-6,9-10H2,1-2H3;(H,6,7). The van der Waals surface area contributed by atoms with Gasteiger partial charge in [-0.05, 0) is 61.9 Å². The number of pyridine rings is 1. The molecule has 0 atom stereocenters. The Bertz CT molecular complexity index is 769. The minimum atomic E-state index is -5.08. The van der Waals surface area contributed by atoms with E-state index >= 15 is 0 Å². The average molecular weight is 368 g/mol. The Hall–Kier alpha value is -2.31. The van der Waals surface area contributed by atoms with Crippen LogP contribution in [0.2, 0.25) is 0 Å². The molecule has 7 heteroatoms. The van der Waals surface area contributed by atoms with E-state index in [4.69, 9.17) is 14.9 Å². The maximum absolute atomic E-state index is 10.6. The number of carboxylic acid groups (broad SMARTS) is 1. The summed E-state index contributed by atoms with van der Waals surface area (Å²) >= 11 is 0. The number of alkyl halides is 3. The van der Waals surface area contributed by atoms with E-state index in [9.17, 15) is 13.2 Å². The Morgan fingerprint density at radius 1 is 1.19 bits per heavy atom. The zero-order valence-corrected chi connectivity index (χ0v) is 14.9. The normalized spacial score (nSPS) is 14.7. The number of benzene rings is 1. The number of carboxylic acids is 1. The average Bonchev–Trinajstić information content (AvgIpc) is 2.62. The van der Waals surface area contributed by atoms with Crippen molar-refractivity contribution < 1.29 is 23.1 Å². The summed E-state index contributed by atoms with van der Waals surface area (Å²) in [5.74, 6) is -1.60.